The first-order valence-electron chi connectivity index (χ1n) is 8.24. The Morgan fingerprint density at radius 2 is 1.76 bits per heavy atom. The van der Waals surface area contributed by atoms with E-state index in [1.165, 1.54) is 5.56 Å². The van der Waals surface area contributed by atoms with Gasteiger partial charge in [0.25, 0.3) is 0 Å². The Morgan fingerprint density at radius 1 is 1.08 bits per heavy atom. The minimum Gasteiger partial charge on any atom is -0.493 e. The number of ether oxygens (including phenoxy) is 3. The van der Waals surface area contributed by atoms with Gasteiger partial charge in [-0.2, -0.15) is 5.26 Å². The summed E-state index contributed by atoms with van der Waals surface area (Å²) in [6.45, 7) is 1.73. The minimum absolute atomic E-state index is 0.116. The van der Waals surface area contributed by atoms with Crippen molar-refractivity contribution in [2.75, 3.05) is 34.4 Å². The predicted molar refractivity (Wildman–Crippen MR) is 95.3 cm³/mol. The van der Waals surface area contributed by atoms with Gasteiger partial charge in [0.15, 0.2) is 11.5 Å². The molecule has 0 fully saturated rings. The molecule has 0 radical (unpaired) electrons. The Balaban J connectivity index is 1.96. The summed E-state index contributed by atoms with van der Waals surface area (Å²) < 4.78 is 17.2. The zero-order chi connectivity index (χ0) is 17.8. The van der Waals surface area contributed by atoms with E-state index in [0.29, 0.717) is 11.3 Å². The summed E-state index contributed by atoms with van der Waals surface area (Å²) in [6.07, 6.45) is 0.814. The van der Waals surface area contributed by atoms with Crippen LogP contribution in [0.5, 0.6) is 17.2 Å². The first kappa shape index (κ1) is 17.1. The molecule has 1 heterocycles. The number of hydrogen-bond donors (Lipinski definition) is 0. The maximum Gasteiger partial charge on any atom is 0.161 e. The Bertz CT molecular complexity index is 781. The quantitative estimate of drug-likeness (QED) is 0.857. The van der Waals surface area contributed by atoms with Gasteiger partial charge in [-0.25, -0.2) is 0 Å². The Kier molecular flexibility index (Phi) is 5.11. The highest BCUT2D eigenvalue weighted by atomic mass is 16.5. The van der Waals surface area contributed by atoms with Crippen molar-refractivity contribution >= 4 is 0 Å². The molecule has 0 N–H and O–H groups in total. The van der Waals surface area contributed by atoms with Crippen molar-refractivity contribution in [3.63, 3.8) is 0 Å². The molecular weight excluding hydrogens is 316 g/mol. The summed E-state index contributed by atoms with van der Waals surface area (Å²) in [5, 5.41) is 8.94. The number of nitrogens with zero attached hydrogens (tertiary/aromatic N) is 2. The lowest BCUT2D eigenvalue weighted by molar-refractivity contribution is 0.156. The maximum absolute atomic E-state index is 8.94. The smallest absolute Gasteiger partial charge is 0.161 e. The molecule has 0 aliphatic carbocycles. The number of fused-ring (bicyclic) bond motifs is 1. The Morgan fingerprint density at radius 3 is 2.40 bits per heavy atom. The molecule has 5 nitrogen and oxygen atoms in total. The SMILES string of the molecule is COc1cc2c(cc1OC)C(Oc1ccc(C#N)cc1)CN(C)CC2. The van der Waals surface area contributed by atoms with Gasteiger partial charge in [0.2, 0.25) is 0 Å². The van der Waals surface area contributed by atoms with Crippen LogP contribution in [-0.4, -0.2) is 39.3 Å². The second-order valence-corrected chi connectivity index (χ2v) is 6.16. The van der Waals surface area contributed by atoms with E-state index >= 15 is 0 Å². The molecule has 5 heteroatoms. The molecule has 0 spiro atoms. The van der Waals surface area contributed by atoms with Crippen LogP contribution in [0.2, 0.25) is 0 Å². The summed E-state index contributed by atoms with van der Waals surface area (Å²) in [7, 11) is 5.39. The fourth-order valence-electron chi connectivity index (χ4n) is 3.11. The van der Waals surface area contributed by atoms with Gasteiger partial charge >= 0.3 is 0 Å². The van der Waals surface area contributed by atoms with E-state index in [1.54, 1.807) is 26.4 Å². The van der Waals surface area contributed by atoms with E-state index in [9.17, 15) is 0 Å². The second kappa shape index (κ2) is 7.45. The molecule has 1 unspecified atom stereocenters. The van der Waals surface area contributed by atoms with Gasteiger partial charge in [0, 0.05) is 18.7 Å². The maximum atomic E-state index is 8.94. The lowest BCUT2D eigenvalue weighted by Gasteiger charge is -2.23. The van der Waals surface area contributed by atoms with E-state index in [1.807, 2.05) is 24.3 Å². The average molecular weight is 338 g/mol. The normalized spacial score (nSPS) is 17.1. The number of benzene rings is 2. The highest BCUT2D eigenvalue weighted by molar-refractivity contribution is 5.49. The van der Waals surface area contributed by atoms with Crippen LogP contribution in [0.4, 0.5) is 0 Å². The van der Waals surface area contributed by atoms with E-state index in [4.69, 9.17) is 19.5 Å². The average Bonchev–Trinajstić information content (AvgIpc) is 2.79. The van der Waals surface area contributed by atoms with Crippen LogP contribution in [0.25, 0.3) is 0 Å². The third-order valence-corrected chi connectivity index (χ3v) is 4.49. The number of likely N-dealkylation sites (N-methyl/N-ethyl adjacent to an activating group) is 1. The van der Waals surface area contributed by atoms with Crippen molar-refractivity contribution < 1.29 is 14.2 Å². The van der Waals surface area contributed by atoms with Crippen LogP contribution in [0.15, 0.2) is 36.4 Å². The summed E-state index contributed by atoms with van der Waals surface area (Å²) in [5.74, 6) is 2.20. The van der Waals surface area contributed by atoms with E-state index in [-0.39, 0.29) is 6.10 Å². The molecule has 25 heavy (non-hydrogen) atoms. The highest BCUT2D eigenvalue weighted by Gasteiger charge is 2.25. The predicted octanol–water partition coefficient (Wildman–Crippen LogP) is 3.18. The largest absolute Gasteiger partial charge is 0.493 e. The van der Waals surface area contributed by atoms with E-state index in [0.717, 1.165) is 36.6 Å². The van der Waals surface area contributed by atoms with Gasteiger partial charge in [0.1, 0.15) is 11.9 Å². The van der Waals surface area contributed by atoms with Crippen molar-refractivity contribution in [2.45, 2.75) is 12.5 Å². The summed E-state index contributed by atoms with van der Waals surface area (Å²) in [6, 6.07) is 13.4. The summed E-state index contributed by atoms with van der Waals surface area (Å²) in [5.41, 5.74) is 2.95. The first-order valence-corrected chi connectivity index (χ1v) is 8.24. The molecule has 0 saturated carbocycles. The fourth-order valence-corrected chi connectivity index (χ4v) is 3.11. The first-order chi connectivity index (χ1) is 12.1. The zero-order valence-electron chi connectivity index (χ0n) is 14.8. The zero-order valence-corrected chi connectivity index (χ0v) is 14.8. The molecule has 0 bridgehead atoms. The molecule has 3 rings (SSSR count). The molecule has 0 saturated heterocycles. The van der Waals surface area contributed by atoms with Gasteiger partial charge in [-0.3, -0.25) is 0 Å². The van der Waals surface area contributed by atoms with Gasteiger partial charge in [-0.05, 0) is 55.4 Å². The molecule has 0 aromatic heterocycles. The van der Waals surface area contributed by atoms with Crippen LogP contribution in [-0.2, 0) is 6.42 Å². The highest BCUT2D eigenvalue weighted by Crippen LogP contribution is 2.36. The molecule has 1 aliphatic heterocycles. The number of rotatable bonds is 4. The number of nitriles is 1. The third-order valence-electron chi connectivity index (χ3n) is 4.49. The van der Waals surface area contributed by atoms with Crippen LogP contribution in [0, 0.1) is 11.3 Å². The van der Waals surface area contributed by atoms with Crippen molar-refractivity contribution in [3.05, 3.63) is 53.1 Å². The van der Waals surface area contributed by atoms with Crippen molar-refractivity contribution in [3.8, 4) is 23.3 Å². The van der Waals surface area contributed by atoms with Crippen molar-refractivity contribution in [2.24, 2.45) is 0 Å². The van der Waals surface area contributed by atoms with E-state index < -0.39 is 0 Å². The Labute approximate surface area is 148 Å². The lowest BCUT2D eigenvalue weighted by Crippen LogP contribution is -2.26. The topological polar surface area (TPSA) is 54.7 Å². The van der Waals surface area contributed by atoms with Gasteiger partial charge in [-0.1, -0.05) is 0 Å². The summed E-state index contributed by atoms with van der Waals surface area (Å²) >= 11 is 0. The van der Waals surface area contributed by atoms with Crippen LogP contribution < -0.4 is 14.2 Å². The third kappa shape index (κ3) is 3.70. The molecule has 1 aliphatic rings. The van der Waals surface area contributed by atoms with Crippen LogP contribution in [0.1, 0.15) is 22.8 Å². The molecule has 1 atom stereocenters. The summed E-state index contributed by atoms with van der Waals surface area (Å²) in [4.78, 5) is 2.26. The Hall–Kier alpha value is -2.71. The minimum atomic E-state index is -0.116. The van der Waals surface area contributed by atoms with Gasteiger partial charge in [-0.15, -0.1) is 0 Å². The lowest BCUT2D eigenvalue weighted by atomic mass is 10.00. The van der Waals surface area contributed by atoms with Crippen molar-refractivity contribution in [1.82, 2.24) is 4.90 Å². The van der Waals surface area contributed by atoms with Gasteiger partial charge in [0.05, 0.1) is 25.9 Å². The monoisotopic (exact) mass is 338 g/mol. The molecule has 2 aromatic rings. The van der Waals surface area contributed by atoms with Crippen molar-refractivity contribution in [1.29, 1.82) is 5.26 Å². The molecule has 0 amide bonds. The molecule has 130 valence electrons. The standard InChI is InChI=1S/C20H22N2O3/c1-22-9-8-15-10-18(23-2)19(24-3)11-17(15)20(13-22)25-16-6-4-14(12-21)5-7-16/h4-7,10-11,20H,8-9,13H2,1-3H3. The van der Waals surface area contributed by atoms with Crippen LogP contribution >= 0.6 is 0 Å². The number of methoxy groups -OCH3 is 2. The van der Waals surface area contributed by atoms with Crippen LogP contribution in [0.3, 0.4) is 0 Å². The number of hydrogen-bond acceptors (Lipinski definition) is 5. The van der Waals surface area contributed by atoms with E-state index in [2.05, 4.69) is 18.0 Å². The second-order valence-electron chi connectivity index (χ2n) is 6.16. The molecular formula is C20H22N2O3. The van der Waals surface area contributed by atoms with Gasteiger partial charge < -0.3 is 19.1 Å². The fraction of sp³-hybridized carbons (Fsp3) is 0.350. The molecule has 2 aromatic carbocycles.